The van der Waals surface area contributed by atoms with Crippen LogP contribution in [-0.4, -0.2) is 28.6 Å². The number of hydrogen-bond acceptors (Lipinski definition) is 6. The maximum Gasteiger partial charge on any atom is 0.254 e. The normalized spacial score (nSPS) is 13.1. The zero-order valence-corrected chi connectivity index (χ0v) is 19.7. The van der Waals surface area contributed by atoms with Crippen LogP contribution in [-0.2, 0) is 13.2 Å². The van der Waals surface area contributed by atoms with Gasteiger partial charge in [0.15, 0.2) is 11.5 Å². The lowest BCUT2D eigenvalue weighted by Crippen LogP contribution is -2.37. The van der Waals surface area contributed by atoms with E-state index in [1.165, 1.54) is 11.1 Å². The predicted molar refractivity (Wildman–Crippen MR) is 125 cm³/mol. The zero-order chi connectivity index (χ0) is 22.7. The molecule has 0 fully saturated rings. The van der Waals surface area contributed by atoms with Crippen molar-refractivity contribution in [1.29, 1.82) is 0 Å². The van der Waals surface area contributed by atoms with Crippen molar-refractivity contribution in [2.24, 2.45) is 0 Å². The number of fused-ring (bicyclic) bond motifs is 1. The van der Waals surface area contributed by atoms with E-state index in [9.17, 15) is 4.79 Å². The molecule has 4 rings (SSSR count). The number of aromatic nitrogens is 1. The first kappa shape index (κ1) is 22.1. The van der Waals surface area contributed by atoms with Gasteiger partial charge in [-0.05, 0) is 68.7 Å². The summed E-state index contributed by atoms with van der Waals surface area (Å²) < 4.78 is 16.7. The first-order valence-corrected chi connectivity index (χ1v) is 11.7. The number of benzene rings is 2. The lowest BCUT2D eigenvalue weighted by Gasteiger charge is -2.28. The Bertz CT molecular complexity index is 1090. The molecule has 1 aromatic heterocycles. The molecule has 168 valence electrons. The van der Waals surface area contributed by atoms with Crippen molar-refractivity contribution in [3.63, 3.8) is 0 Å². The predicted octanol–water partition coefficient (Wildman–Crippen LogP) is 5.51. The molecule has 1 aliphatic rings. The minimum absolute atomic E-state index is 0.0429. The van der Waals surface area contributed by atoms with Gasteiger partial charge in [-0.3, -0.25) is 4.79 Å². The Morgan fingerprint density at radius 3 is 2.66 bits per heavy atom. The maximum atomic E-state index is 13.3. The fourth-order valence-electron chi connectivity index (χ4n) is 3.67. The maximum absolute atomic E-state index is 13.3. The van der Waals surface area contributed by atoms with Gasteiger partial charge in [-0.1, -0.05) is 13.0 Å². The molecule has 3 aromatic rings. The van der Waals surface area contributed by atoms with Crippen LogP contribution in [0.5, 0.6) is 17.2 Å². The Morgan fingerprint density at radius 2 is 1.91 bits per heavy atom. The topological polar surface area (TPSA) is 60.9 Å². The van der Waals surface area contributed by atoms with Crippen LogP contribution in [0, 0.1) is 13.8 Å². The second-order valence-electron chi connectivity index (χ2n) is 8.10. The van der Waals surface area contributed by atoms with Gasteiger partial charge in [0, 0.05) is 17.0 Å². The molecule has 1 unspecified atom stereocenters. The molecular formula is C25H28N2O4S. The summed E-state index contributed by atoms with van der Waals surface area (Å²) in [5, 5.41) is 2.89. The number of ether oxygens (including phenoxy) is 3. The second-order valence-corrected chi connectivity index (χ2v) is 9.05. The first-order chi connectivity index (χ1) is 15.4. The van der Waals surface area contributed by atoms with Crippen LogP contribution < -0.4 is 14.2 Å². The largest absolute Gasteiger partial charge is 0.486 e. The summed E-state index contributed by atoms with van der Waals surface area (Å²) in [7, 11) is 0. The molecule has 2 heterocycles. The number of thiazole rings is 1. The number of amides is 1. The highest BCUT2D eigenvalue weighted by Crippen LogP contribution is 2.33. The highest BCUT2D eigenvalue weighted by atomic mass is 32.1. The average molecular weight is 453 g/mol. The molecule has 0 aliphatic carbocycles. The van der Waals surface area contributed by atoms with Gasteiger partial charge in [0.05, 0.1) is 12.2 Å². The van der Waals surface area contributed by atoms with E-state index in [0.29, 0.717) is 30.2 Å². The summed E-state index contributed by atoms with van der Waals surface area (Å²) in [6, 6.07) is 11.6. The van der Waals surface area contributed by atoms with E-state index in [2.05, 4.69) is 33.8 Å². The Labute approximate surface area is 192 Å². The molecule has 2 aromatic carbocycles. The highest BCUT2D eigenvalue weighted by Gasteiger charge is 2.24. The molecule has 1 aliphatic heterocycles. The number of carbonyl (C=O) groups is 1. The number of nitrogens with zero attached hydrogens (tertiary/aromatic N) is 2. The van der Waals surface area contributed by atoms with Gasteiger partial charge >= 0.3 is 0 Å². The molecule has 0 spiro atoms. The summed E-state index contributed by atoms with van der Waals surface area (Å²) in [5.41, 5.74) is 3.80. The van der Waals surface area contributed by atoms with E-state index in [1.54, 1.807) is 29.5 Å². The minimum atomic E-state index is -0.0429. The van der Waals surface area contributed by atoms with Crippen molar-refractivity contribution in [3.05, 3.63) is 69.2 Å². The van der Waals surface area contributed by atoms with Crippen LogP contribution >= 0.6 is 11.3 Å². The molecule has 0 saturated heterocycles. The van der Waals surface area contributed by atoms with Crippen molar-refractivity contribution < 1.29 is 19.0 Å². The van der Waals surface area contributed by atoms with Gasteiger partial charge in [-0.25, -0.2) is 4.98 Å². The van der Waals surface area contributed by atoms with Crippen LogP contribution in [0.3, 0.4) is 0 Å². The molecule has 1 amide bonds. The highest BCUT2D eigenvalue weighted by molar-refractivity contribution is 7.09. The lowest BCUT2D eigenvalue weighted by molar-refractivity contribution is 0.0668. The fraction of sp³-hybridized carbons (Fsp3) is 0.360. The Hall–Kier alpha value is -3.06. The van der Waals surface area contributed by atoms with Gasteiger partial charge in [0.25, 0.3) is 5.91 Å². The van der Waals surface area contributed by atoms with E-state index in [4.69, 9.17) is 19.2 Å². The van der Waals surface area contributed by atoms with Gasteiger partial charge in [0.2, 0.25) is 6.79 Å². The quantitative estimate of drug-likeness (QED) is 0.451. The third kappa shape index (κ3) is 5.05. The molecule has 1 atom stereocenters. The molecule has 0 saturated carbocycles. The third-order valence-electron chi connectivity index (χ3n) is 5.49. The van der Waals surface area contributed by atoms with E-state index < -0.39 is 0 Å². The molecule has 32 heavy (non-hydrogen) atoms. The van der Waals surface area contributed by atoms with Gasteiger partial charge in [0.1, 0.15) is 17.4 Å². The first-order valence-electron chi connectivity index (χ1n) is 10.8. The van der Waals surface area contributed by atoms with Crippen molar-refractivity contribution in [2.75, 3.05) is 6.79 Å². The van der Waals surface area contributed by atoms with Crippen LogP contribution in [0.15, 0.2) is 41.8 Å². The van der Waals surface area contributed by atoms with Crippen LogP contribution in [0.25, 0.3) is 0 Å². The van der Waals surface area contributed by atoms with Crippen molar-refractivity contribution in [2.45, 2.75) is 53.3 Å². The summed E-state index contributed by atoms with van der Waals surface area (Å²) in [6.07, 6.45) is 0.850. The van der Waals surface area contributed by atoms with Crippen molar-refractivity contribution in [1.82, 2.24) is 9.88 Å². The van der Waals surface area contributed by atoms with Crippen LogP contribution in [0.1, 0.15) is 52.5 Å². The molecule has 0 bridgehead atoms. The average Bonchev–Trinajstić information content (AvgIpc) is 3.43. The molecular weight excluding hydrogens is 424 g/mol. The van der Waals surface area contributed by atoms with E-state index in [-0.39, 0.29) is 18.7 Å². The molecule has 0 radical (unpaired) electrons. The van der Waals surface area contributed by atoms with E-state index in [1.807, 2.05) is 22.4 Å². The van der Waals surface area contributed by atoms with Crippen molar-refractivity contribution >= 4 is 17.2 Å². The van der Waals surface area contributed by atoms with Gasteiger partial charge < -0.3 is 19.1 Å². The number of aryl methyl sites for hydroxylation is 2. The standard InChI is InChI=1S/C25H28N2O4S/c1-5-18(4)27(25(28)19-6-7-22-23(11-19)31-15-30-22)12-20-14-32-24(26-20)13-29-21-9-16(2)8-17(3)10-21/h6-11,14,18H,5,12-13,15H2,1-4H3. The molecule has 6 nitrogen and oxygen atoms in total. The summed E-state index contributed by atoms with van der Waals surface area (Å²) >= 11 is 1.55. The number of carbonyl (C=O) groups excluding carboxylic acids is 1. The third-order valence-corrected chi connectivity index (χ3v) is 6.36. The van der Waals surface area contributed by atoms with E-state index >= 15 is 0 Å². The molecule has 7 heteroatoms. The zero-order valence-electron chi connectivity index (χ0n) is 18.9. The van der Waals surface area contributed by atoms with Crippen molar-refractivity contribution in [3.8, 4) is 17.2 Å². The summed E-state index contributed by atoms with van der Waals surface area (Å²) in [6.45, 7) is 9.29. The Morgan fingerprint density at radius 1 is 1.16 bits per heavy atom. The van der Waals surface area contributed by atoms with Gasteiger partial charge in [-0.15, -0.1) is 11.3 Å². The minimum Gasteiger partial charge on any atom is -0.486 e. The molecule has 0 N–H and O–H groups in total. The lowest BCUT2D eigenvalue weighted by atomic mass is 10.1. The van der Waals surface area contributed by atoms with Crippen LogP contribution in [0.2, 0.25) is 0 Å². The van der Waals surface area contributed by atoms with E-state index in [0.717, 1.165) is 22.9 Å². The smallest absolute Gasteiger partial charge is 0.254 e. The summed E-state index contributed by atoms with van der Waals surface area (Å²) in [4.78, 5) is 19.9. The number of hydrogen-bond donors (Lipinski definition) is 0. The fourth-order valence-corrected chi connectivity index (χ4v) is 4.36. The SMILES string of the molecule is CCC(C)N(Cc1csc(COc2cc(C)cc(C)c2)n1)C(=O)c1ccc2c(c1)OCO2. The Balaban J connectivity index is 1.45. The van der Waals surface area contributed by atoms with Crippen LogP contribution in [0.4, 0.5) is 0 Å². The number of rotatable bonds is 8. The monoisotopic (exact) mass is 452 g/mol. The second kappa shape index (κ2) is 9.61. The summed E-state index contributed by atoms with van der Waals surface area (Å²) in [5.74, 6) is 2.08. The van der Waals surface area contributed by atoms with Gasteiger partial charge in [-0.2, -0.15) is 0 Å². The Kier molecular flexibility index (Phi) is 6.65.